The lowest BCUT2D eigenvalue weighted by molar-refractivity contribution is 0.0127. The number of halogens is 2. The van der Waals surface area contributed by atoms with E-state index in [4.69, 9.17) is 5.73 Å². The van der Waals surface area contributed by atoms with Crippen molar-refractivity contribution >= 4 is 5.91 Å². The first-order chi connectivity index (χ1) is 5.91. The number of aromatic nitrogens is 1. The standard InChI is InChI=1S/C8H8F2N2O/c1-8(9,10)6-4-5(7(11)13)2-3-12-6/h2-4H,1H3,(H2,11,13). The Bertz CT molecular complexity index is 333. The zero-order valence-corrected chi connectivity index (χ0v) is 6.92. The fourth-order valence-electron chi connectivity index (χ4n) is 0.824. The Kier molecular flexibility index (Phi) is 2.27. The van der Waals surface area contributed by atoms with Crippen molar-refractivity contribution in [3.8, 4) is 0 Å². The van der Waals surface area contributed by atoms with E-state index < -0.39 is 17.5 Å². The van der Waals surface area contributed by atoms with Crippen molar-refractivity contribution < 1.29 is 13.6 Å². The van der Waals surface area contributed by atoms with Crippen LogP contribution in [0.1, 0.15) is 23.0 Å². The highest BCUT2D eigenvalue weighted by Crippen LogP contribution is 2.24. The quantitative estimate of drug-likeness (QED) is 0.756. The van der Waals surface area contributed by atoms with Crippen LogP contribution in [0.4, 0.5) is 8.78 Å². The van der Waals surface area contributed by atoms with Crippen LogP contribution in [0.15, 0.2) is 18.3 Å². The molecule has 1 rings (SSSR count). The molecule has 0 aliphatic carbocycles. The van der Waals surface area contributed by atoms with Crippen molar-refractivity contribution in [1.29, 1.82) is 0 Å². The molecule has 1 heterocycles. The van der Waals surface area contributed by atoms with Crippen molar-refractivity contribution in [2.24, 2.45) is 5.73 Å². The van der Waals surface area contributed by atoms with Gasteiger partial charge < -0.3 is 5.73 Å². The number of carbonyl (C=O) groups excluding carboxylic acids is 1. The molecule has 0 bridgehead atoms. The minimum atomic E-state index is -3.05. The first kappa shape index (κ1) is 9.57. The van der Waals surface area contributed by atoms with Gasteiger partial charge in [-0.3, -0.25) is 9.78 Å². The first-order valence-corrected chi connectivity index (χ1v) is 3.55. The number of nitrogens with zero attached hydrogens (tertiary/aromatic N) is 1. The molecule has 5 heteroatoms. The fourth-order valence-corrected chi connectivity index (χ4v) is 0.824. The molecule has 0 radical (unpaired) electrons. The maximum atomic E-state index is 12.7. The van der Waals surface area contributed by atoms with E-state index in [-0.39, 0.29) is 5.56 Å². The number of carbonyl (C=O) groups is 1. The van der Waals surface area contributed by atoms with Gasteiger partial charge in [0.25, 0.3) is 5.92 Å². The second-order valence-corrected chi connectivity index (χ2v) is 2.68. The molecule has 13 heavy (non-hydrogen) atoms. The lowest BCUT2D eigenvalue weighted by atomic mass is 10.1. The van der Waals surface area contributed by atoms with Gasteiger partial charge in [0, 0.05) is 18.7 Å². The van der Waals surface area contributed by atoms with Crippen LogP contribution < -0.4 is 5.73 Å². The fraction of sp³-hybridized carbons (Fsp3) is 0.250. The Hall–Kier alpha value is -1.52. The molecule has 1 aromatic rings. The Balaban J connectivity index is 3.13. The van der Waals surface area contributed by atoms with Gasteiger partial charge in [-0.05, 0) is 12.1 Å². The summed E-state index contributed by atoms with van der Waals surface area (Å²) in [6.07, 6.45) is 1.13. The van der Waals surface area contributed by atoms with E-state index in [0.717, 1.165) is 12.3 Å². The second kappa shape index (κ2) is 3.08. The smallest absolute Gasteiger partial charge is 0.286 e. The van der Waals surface area contributed by atoms with E-state index in [1.807, 2.05) is 0 Å². The van der Waals surface area contributed by atoms with E-state index in [9.17, 15) is 13.6 Å². The maximum Gasteiger partial charge on any atom is 0.286 e. The Morgan fingerprint density at radius 2 is 2.23 bits per heavy atom. The molecule has 0 spiro atoms. The van der Waals surface area contributed by atoms with Gasteiger partial charge in [0.05, 0.1) is 0 Å². The van der Waals surface area contributed by atoms with Crippen LogP contribution in [0.25, 0.3) is 0 Å². The molecule has 70 valence electrons. The number of hydrogen-bond donors (Lipinski definition) is 1. The van der Waals surface area contributed by atoms with Crippen molar-refractivity contribution in [3.05, 3.63) is 29.6 Å². The summed E-state index contributed by atoms with van der Waals surface area (Å²) in [7, 11) is 0. The van der Waals surface area contributed by atoms with Crippen LogP contribution in [0.3, 0.4) is 0 Å². The third-order valence-corrected chi connectivity index (χ3v) is 1.49. The zero-order valence-electron chi connectivity index (χ0n) is 6.92. The molecular formula is C8H8F2N2O. The monoisotopic (exact) mass is 186 g/mol. The summed E-state index contributed by atoms with van der Waals surface area (Å²) in [4.78, 5) is 14.1. The van der Waals surface area contributed by atoms with Crippen LogP contribution in [-0.2, 0) is 5.92 Å². The molecule has 0 saturated heterocycles. The molecule has 0 aliphatic rings. The Morgan fingerprint density at radius 3 is 2.69 bits per heavy atom. The van der Waals surface area contributed by atoms with Gasteiger partial charge in [-0.15, -0.1) is 0 Å². The molecule has 0 saturated carbocycles. The molecule has 1 amide bonds. The van der Waals surface area contributed by atoms with Gasteiger partial charge in [-0.1, -0.05) is 0 Å². The van der Waals surface area contributed by atoms with E-state index in [1.165, 1.54) is 6.07 Å². The average Bonchev–Trinajstić information content (AvgIpc) is 2.03. The second-order valence-electron chi connectivity index (χ2n) is 2.68. The van der Waals surface area contributed by atoms with Crippen molar-refractivity contribution in [2.45, 2.75) is 12.8 Å². The molecule has 1 aromatic heterocycles. The lowest BCUT2D eigenvalue weighted by Gasteiger charge is -2.09. The highest BCUT2D eigenvalue weighted by atomic mass is 19.3. The predicted octanol–water partition coefficient (Wildman–Crippen LogP) is 1.29. The summed E-state index contributed by atoms with van der Waals surface area (Å²) in [6.45, 7) is 0.708. The number of rotatable bonds is 2. The minimum absolute atomic E-state index is 0.0338. The van der Waals surface area contributed by atoms with E-state index >= 15 is 0 Å². The third-order valence-electron chi connectivity index (χ3n) is 1.49. The summed E-state index contributed by atoms with van der Waals surface area (Å²) in [5, 5.41) is 0. The number of alkyl halides is 2. The summed E-state index contributed by atoms with van der Waals surface area (Å²) in [5.74, 6) is -3.79. The highest BCUT2D eigenvalue weighted by molar-refractivity contribution is 5.92. The molecule has 2 N–H and O–H groups in total. The largest absolute Gasteiger partial charge is 0.366 e. The first-order valence-electron chi connectivity index (χ1n) is 3.55. The molecule has 0 aliphatic heterocycles. The molecule has 0 aromatic carbocycles. The van der Waals surface area contributed by atoms with Crippen LogP contribution in [-0.4, -0.2) is 10.9 Å². The number of pyridine rings is 1. The molecule has 0 fully saturated rings. The number of amides is 1. The van der Waals surface area contributed by atoms with Crippen LogP contribution >= 0.6 is 0 Å². The van der Waals surface area contributed by atoms with Gasteiger partial charge in [-0.2, -0.15) is 8.78 Å². The number of primary amides is 1. The van der Waals surface area contributed by atoms with Crippen LogP contribution in [0.5, 0.6) is 0 Å². The summed E-state index contributed by atoms with van der Waals surface area (Å²) >= 11 is 0. The maximum absolute atomic E-state index is 12.7. The third kappa shape index (κ3) is 2.21. The van der Waals surface area contributed by atoms with Gasteiger partial charge in [-0.25, -0.2) is 0 Å². The summed E-state index contributed by atoms with van der Waals surface area (Å²) < 4.78 is 25.4. The van der Waals surface area contributed by atoms with Crippen LogP contribution in [0, 0.1) is 0 Å². The Labute approximate surface area is 73.6 Å². The topological polar surface area (TPSA) is 56.0 Å². The molecule has 0 atom stereocenters. The van der Waals surface area contributed by atoms with Crippen molar-refractivity contribution in [3.63, 3.8) is 0 Å². The molecule has 0 unspecified atom stereocenters. The normalized spacial score (nSPS) is 11.3. The number of nitrogens with two attached hydrogens (primary N) is 1. The summed E-state index contributed by atoms with van der Waals surface area (Å²) in [6, 6.07) is 2.28. The zero-order chi connectivity index (χ0) is 10.1. The Morgan fingerprint density at radius 1 is 1.62 bits per heavy atom. The van der Waals surface area contributed by atoms with Crippen LogP contribution in [0.2, 0.25) is 0 Å². The predicted molar refractivity (Wildman–Crippen MR) is 42.3 cm³/mol. The minimum Gasteiger partial charge on any atom is -0.366 e. The van der Waals surface area contributed by atoms with Gasteiger partial charge >= 0.3 is 0 Å². The van der Waals surface area contributed by atoms with E-state index in [2.05, 4.69) is 4.98 Å². The number of hydrogen-bond acceptors (Lipinski definition) is 2. The van der Waals surface area contributed by atoms with E-state index in [0.29, 0.717) is 6.92 Å². The van der Waals surface area contributed by atoms with Gasteiger partial charge in [0.15, 0.2) is 0 Å². The molecule has 3 nitrogen and oxygen atoms in total. The molecular weight excluding hydrogens is 178 g/mol. The van der Waals surface area contributed by atoms with E-state index in [1.54, 1.807) is 0 Å². The van der Waals surface area contributed by atoms with Crippen molar-refractivity contribution in [2.75, 3.05) is 0 Å². The average molecular weight is 186 g/mol. The lowest BCUT2D eigenvalue weighted by Crippen LogP contribution is -2.15. The van der Waals surface area contributed by atoms with Crippen molar-refractivity contribution in [1.82, 2.24) is 4.98 Å². The van der Waals surface area contributed by atoms with Gasteiger partial charge in [0.2, 0.25) is 5.91 Å². The SMILES string of the molecule is CC(F)(F)c1cc(C(N)=O)ccn1. The highest BCUT2D eigenvalue weighted by Gasteiger charge is 2.26. The summed E-state index contributed by atoms with van der Waals surface area (Å²) in [5.41, 5.74) is 4.49. The van der Waals surface area contributed by atoms with Gasteiger partial charge in [0.1, 0.15) is 5.69 Å².